The summed E-state index contributed by atoms with van der Waals surface area (Å²) >= 11 is 0. The molecule has 106 valence electrons. The number of nitrogens with zero attached hydrogens (tertiary/aromatic N) is 2. The molecule has 0 spiro atoms. The van der Waals surface area contributed by atoms with Crippen molar-refractivity contribution in [2.45, 2.75) is 52.7 Å². The second-order valence-corrected chi connectivity index (χ2v) is 7.05. The minimum absolute atomic E-state index is 0.336. The van der Waals surface area contributed by atoms with Crippen LogP contribution >= 0.6 is 0 Å². The van der Waals surface area contributed by atoms with Crippen molar-refractivity contribution in [1.29, 1.82) is 0 Å². The second-order valence-electron chi connectivity index (χ2n) is 7.05. The molecule has 3 heteroatoms. The Kier molecular flexibility index (Phi) is 4.58. The van der Waals surface area contributed by atoms with Gasteiger partial charge in [0, 0.05) is 31.9 Å². The molecule has 0 aromatic carbocycles. The first kappa shape index (κ1) is 14.5. The van der Waals surface area contributed by atoms with Crippen LogP contribution in [-0.4, -0.2) is 29.5 Å². The Hall–Kier alpha value is -0.930. The van der Waals surface area contributed by atoms with Crippen LogP contribution in [0.3, 0.4) is 0 Å². The first-order chi connectivity index (χ1) is 8.92. The molecule has 1 saturated carbocycles. The molecule has 0 amide bonds. The number of hydrogen-bond acceptors (Lipinski definition) is 3. The van der Waals surface area contributed by atoms with Crippen molar-refractivity contribution in [3.05, 3.63) is 29.6 Å². The minimum atomic E-state index is 0.336. The lowest BCUT2D eigenvalue weighted by atomic mass is 9.96. The van der Waals surface area contributed by atoms with Crippen molar-refractivity contribution in [3.63, 3.8) is 0 Å². The third-order valence-electron chi connectivity index (χ3n) is 3.23. The van der Waals surface area contributed by atoms with Gasteiger partial charge in [-0.05, 0) is 36.9 Å². The molecule has 0 bridgehead atoms. The van der Waals surface area contributed by atoms with Crippen LogP contribution in [0.1, 0.15) is 44.9 Å². The Labute approximate surface area is 117 Å². The topological polar surface area (TPSA) is 28.2 Å². The SMILES string of the molecule is CN(Cc1ccc(CNC2CC2)cn1)CC(C)(C)C. The van der Waals surface area contributed by atoms with Gasteiger partial charge in [0.15, 0.2) is 0 Å². The average Bonchev–Trinajstić information content (AvgIpc) is 3.09. The van der Waals surface area contributed by atoms with Crippen LogP contribution in [0.25, 0.3) is 0 Å². The zero-order valence-corrected chi connectivity index (χ0v) is 12.7. The maximum absolute atomic E-state index is 4.57. The van der Waals surface area contributed by atoms with Crippen LogP contribution < -0.4 is 5.32 Å². The fraction of sp³-hybridized carbons (Fsp3) is 0.688. The van der Waals surface area contributed by atoms with Gasteiger partial charge in [0.2, 0.25) is 0 Å². The van der Waals surface area contributed by atoms with Gasteiger partial charge in [-0.1, -0.05) is 26.8 Å². The highest BCUT2D eigenvalue weighted by Gasteiger charge is 2.20. The summed E-state index contributed by atoms with van der Waals surface area (Å²) in [5.41, 5.74) is 2.78. The van der Waals surface area contributed by atoms with E-state index in [9.17, 15) is 0 Å². The lowest BCUT2D eigenvalue weighted by Crippen LogP contribution is -2.29. The van der Waals surface area contributed by atoms with Crippen molar-refractivity contribution >= 4 is 0 Å². The molecule has 0 unspecified atom stereocenters. The van der Waals surface area contributed by atoms with E-state index in [-0.39, 0.29) is 0 Å². The molecule has 1 aromatic heterocycles. The van der Waals surface area contributed by atoms with Gasteiger partial charge >= 0.3 is 0 Å². The summed E-state index contributed by atoms with van der Waals surface area (Å²) in [4.78, 5) is 6.90. The molecule has 1 aromatic rings. The van der Waals surface area contributed by atoms with Crippen LogP contribution in [0, 0.1) is 5.41 Å². The molecule has 0 radical (unpaired) electrons. The fourth-order valence-electron chi connectivity index (χ4n) is 2.35. The molecule has 1 aliphatic rings. The molecule has 3 nitrogen and oxygen atoms in total. The van der Waals surface area contributed by atoms with E-state index in [1.54, 1.807) is 0 Å². The van der Waals surface area contributed by atoms with E-state index in [0.29, 0.717) is 5.41 Å². The van der Waals surface area contributed by atoms with Crippen LogP contribution in [0.15, 0.2) is 18.3 Å². The highest BCUT2D eigenvalue weighted by Crippen LogP contribution is 2.19. The van der Waals surface area contributed by atoms with Gasteiger partial charge in [-0.25, -0.2) is 0 Å². The molecule has 0 aliphatic heterocycles. The third-order valence-corrected chi connectivity index (χ3v) is 3.23. The van der Waals surface area contributed by atoms with Gasteiger partial charge in [0.1, 0.15) is 0 Å². The van der Waals surface area contributed by atoms with E-state index in [2.05, 4.69) is 55.2 Å². The predicted octanol–water partition coefficient (Wildman–Crippen LogP) is 2.81. The van der Waals surface area contributed by atoms with Gasteiger partial charge in [-0.15, -0.1) is 0 Å². The van der Waals surface area contributed by atoms with Gasteiger partial charge in [0.25, 0.3) is 0 Å². The van der Waals surface area contributed by atoms with E-state index in [4.69, 9.17) is 0 Å². The van der Waals surface area contributed by atoms with Gasteiger partial charge in [0.05, 0.1) is 5.69 Å². The molecule has 1 heterocycles. The van der Waals surface area contributed by atoms with E-state index >= 15 is 0 Å². The molecule has 19 heavy (non-hydrogen) atoms. The standard InChI is InChI=1S/C16H27N3/c1-16(2,3)12-19(4)11-15-6-5-13(10-18-15)9-17-14-7-8-14/h5-6,10,14,17H,7-9,11-12H2,1-4H3. The molecular formula is C16H27N3. The number of nitrogens with one attached hydrogen (secondary N) is 1. The summed E-state index contributed by atoms with van der Waals surface area (Å²) in [7, 11) is 2.16. The Bertz CT molecular complexity index is 387. The molecule has 0 atom stereocenters. The zero-order chi connectivity index (χ0) is 13.9. The number of pyridine rings is 1. The number of aromatic nitrogens is 1. The summed E-state index contributed by atoms with van der Waals surface area (Å²) in [5, 5.41) is 3.51. The Balaban J connectivity index is 1.80. The maximum atomic E-state index is 4.57. The molecule has 1 N–H and O–H groups in total. The van der Waals surface area contributed by atoms with E-state index < -0.39 is 0 Å². The number of hydrogen-bond donors (Lipinski definition) is 1. The van der Waals surface area contributed by atoms with Crippen molar-refractivity contribution in [2.24, 2.45) is 5.41 Å². The molecule has 1 aliphatic carbocycles. The van der Waals surface area contributed by atoms with Crippen LogP contribution in [0.5, 0.6) is 0 Å². The third kappa shape index (κ3) is 5.70. The number of rotatable bonds is 6. The summed E-state index contributed by atoms with van der Waals surface area (Å²) in [6, 6.07) is 5.11. The highest BCUT2D eigenvalue weighted by atomic mass is 15.1. The Morgan fingerprint density at radius 1 is 1.32 bits per heavy atom. The summed E-state index contributed by atoms with van der Waals surface area (Å²) < 4.78 is 0. The van der Waals surface area contributed by atoms with Crippen LogP contribution in [-0.2, 0) is 13.1 Å². The van der Waals surface area contributed by atoms with Crippen LogP contribution in [0.2, 0.25) is 0 Å². The van der Waals surface area contributed by atoms with E-state index in [0.717, 1.165) is 31.4 Å². The largest absolute Gasteiger partial charge is 0.310 e. The lowest BCUT2D eigenvalue weighted by molar-refractivity contribution is 0.219. The summed E-state index contributed by atoms with van der Waals surface area (Å²) in [6.07, 6.45) is 4.68. The smallest absolute Gasteiger partial charge is 0.0544 e. The van der Waals surface area contributed by atoms with Crippen molar-refractivity contribution in [1.82, 2.24) is 15.2 Å². The molecular weight excluding hydrogens is 234 g/mol. The molecule has 1 fully saturated rings. The first-order valence-corrected chi connectivity index (χ1v) is 7.28. The molecule has 2 rings (SSSR count). The fourth-order valence-corrected chi connectivity index (χ4v) is 2.35. The lowest BCUT2D eigenvalue weighted by Gasteiger charge is -2.26. The average molecular weight is 261 g/mol. The van der Waals surface area contributed by atoms with Gasteiger partial charge < -0.3 is 10.2 Å². The monoisotopic (exact) mass is 261 g/mol. The van der Waals surface area contributed by atoms with Gasteiger partial charge in [-0.2, -0.15) is 0 Å². The highest BCUT2D eigenvalue weighted by molar-refractivity contribution is 5.14. The minimum Gasteiger partial charge on any atom is -0.310 e. The van der Waals surface area contributed by atoms with E-state index in [1.807, 2.05) is 6.20 Å². The Morgan fingerprint density at radius 2 is 2.05 bits per heavy atom. The Morgan fingerprint density at radius 3 is 2.58 bits per heavy atom. The zero-order valence-electron chi connectivity index (χ0n) is 12.7. The van der Waals surface area contributed by atoms with Crippen molar-refractivity contribution < 1.29 is 0 Å². The van der Waals surface area contributed by atoms with Crippen molar-refractivity contribution in [3.8, 4) is 0 Å². The second kappa shape index (κ2) is 6.02. The first-order valence-electron chi connectivity index (χ1n) is 7.28. The predicted molar refractivity (Wildman–Crippen MR) is 79.9 cm³/mol. The summed E-state index contributed by atoms with van der Waals surface area (Å²) in [5.74, 6) is 0. The summed E-state index contributed by atoms with van der Waals surface area (Å²) in [6.45, 7) is 9.76. The van der Waals surface area contributed by atoms with Gasteiger partial charge in [-0.3, -0.25) is 4.98 Å². The van der Waals surface area contributed by atoms with E-state index in [1.165, 1.54) is 18.4 Å². The van der Waals surface area contributed by atoms with Crippen molar-refractivity contribution in [2.75, 3.05) is 13.6 Å². The maximum Gasteiger partial charge on any atom is 0.0544 e. The normalized spacial score (nSPS) is 16.1. The van der Waals surface area contributed by atoms with Crippen LogP contribution in [0.4, 0.5) is 0 Å². The quantitative estimate of drug-likeness (QED) is 0.853. The molecule has 0 saturated heterocycles.